The Bertz CT molecular complexity index is 1150. The number of Topliss-reactive ketones (excluding diaryl/α,β-unsaturated/α-hetero) is 1. The number of carbonyl (C=O) groups is 2. The summed E-state index contributed by atoms with van der Waals surface area (Å²) in [4.78, 5) is 26.1. The number of benzene rings is 2. The van der Waals surface area contributed by atoms with Crippen LogP contribution in [-0.4, -0.2) is 11.7 Å². The van der Waals surface area contributed by atoms with Gasteiger partial charge in [0.05, 0.1) is 0 Å². The summed E-state index contributed by atoms with van der Waals surface area (Å²) in [5.41, 5.74) is 7.05. The molecule has 0 aromatic heterocycles. The van der Waals surface area contributed by atoms with Crippen LogP contribution in [0.1, 0.15) is 21.5 Å². The molecule has 6 heteroatoms. The third kappa shape index (κ3) is 1.42. The number of nitrogens with two attached hydrogens (primary N) is 1. The molecule has 0 saturated heterocycles. The van der Waals surface area contributed by atoms with Gasteiger partial charge in [0, 0.05) is 22.4 Å². The second kappa shape index (κ2) is 4.61. The molecule has 0 bridgehead atoms. The molecule has 3 N–H and O–H groups in total. The Morgan fingerprint density at radius 2 is 1.73 bits per heavy atom. The number of rotatable bonds is 0. The van der Waals surface area contributed by atoms with E-state index in [1.165, 1.54) is 0 Å². The number of allylic oxidation sites excluding steroid dienone is 1. The zero-order valence-corrected chi connectivity index (χ0v) is 13.4. The van der Waals surface area contributed by atoms with Crippen LogP contribution in [0.25, 0.3) is 5.57 Å². The first kappa shape index (κ1) is 14.5. The van der Waals surface area contributed by atoms with Crippen molar-refractivity contribution in [3.63, 3.8) is 0 Å². The molecular weight excluding hydrogens is 330 g/mol. The molecule has 0 saturated carbocycles. The van der Waals surface area contributed by atoms with Gasteiger partial charge in [0.1, 0.15) is 17.1 Å². The van der Waals surface area contributed by atoms with Gasteiger partial charge in [-0.05, 0) is 11.6 Å². The molecule has 5 rings (SSSR count). The number of anilines is 1. The smallest absolute Gasteiger partial charge is 0.245 e. The molecule has 1 amide bonds. The van der Waals surface area contributed by atoms with Crippen molar-refractivity contribution in [1.82, 2.24) is 0 Å². The molecule has 1 aliphatic carbocycles. The molecule has 2 heterocycles. The summed E-state index contributed by atoms with van der Waals surface area (Å²) in [6, 6.07) is 16.1. The second-order valence-electron chi connectivity index (χ2n) is 6.28. The first-order chi connectivity index (χ1) is 12.6. The summed E-state index contributed by atoms with van der Waals surface area (Å²) >= 11 is 0. The largest absolute Gasteiger partial charge is 0.436 e. The van der Waals surface area contributed by atoms with E-state index in [0.717, 1.165) is 0 Å². The first-order valence-electron chi connectivity index (χ1n) is 7.98. The fourth-order valence-electron chi connectivity index (χ4n) is 4.09. The zero-order chi connectivity index (χ0) is 18.1. The molecule has 6 nitrogen and oxygen atoms in total. The van der Waals surface area contributed by atoms with Gasteiger partial charge < -0.3 is 15.8 Å². The van der Waals surface area contributed by atoms with Gasteiger partial charge in [0.25, 0.3) is 0 Å². The van der Waals surface area contributed by atoms with Crippen LogP contribution in [0.15, 0.2) is 65.7 Å². The molecule has 1 unspecified atom stereocenters. The van der Waals surface area contributed by atoms with E-state index in [2.05, 4.69) is 5.32 Å². The number of para-hydroxylation sites is 1. The average molecular weight is 341 g/mol. The predicted octanol–water partition coefficient (Wildman–Crippen LogP) is 2.21. The van der Waals surface area contributed by atoms with E-state index < -0.39 is 11.3 Å². The number of ketones is 1. The van der Waals surface area contributed by atoms with E-state index in [1.807, 2.05) is 6.07 Å². The van der Waals surface area contributed by atoms with Crippen LogP contribution in [0.4, 0.5) is 5.69 Å². The number of hydrogen-bond acceptors (Lipinski definition) is 5. The van der Waals surface area contributed by atoms with E-state index in [4.69, 9.17) is 10.5 Å². The minimum atomic E-state index is -1.49. The number of amides is 1. The summed E-state index contributed by atoms with van der Waals surface area (Å²) < 4.78 is 5.54. The van der Waals surface area contributed by atoms with E-state index in [-0.39, 0.29) is 23.0 Å². The minimum absolute atomic E-state index is 0.00885. The van der Waals surface area contributed by atoms with Crippen molar-refractivity contribution in [2.75, 3.05) is 5.32 Å². The third-order valence-electron chi connectivity index (χ3n) is 5.11. The number of ether oxygens (including phenoxy) is 1. The molecule has 0 radical (unpaired) electrons. The van der Waals surface area contributed by atoms with Crippen LogP contribution in [0.2, 0.25) is 0 Å². The zero-order valence-electron chi connectivity index (χ0n) is 13.4. The molecule has 2 aromatic carbocycles. The van der Waals surface area contributed by atoms with Gasteiger partial charge in [-0.25, -0.2) is 0 Å². The normalized spacial score (nSPS) is 22.6. The van der Waals surface area contributed by atoms with Crippen LogP contribution in [0.3, 0.4) is 0 Å². The monoisotopic (exact) mass is 341 g/mol. The summed E-state index contributed by atoms with van der Waals surface area (Å²) in [5, 5.41) is 12.6. The molecule has 1 spiro atoms. The van der Waals surface area contributed by atoms with Gasteiger partial charge in [0.2, 0.25) is 17.6 Å². The van der Waals surface area contributed by atoms with Crippen LogP contribution in [0, 0.1) is 11.3 Å². The number of carbonyl (C=O) groups excluding carboxylic acids is 2. The summed E-state index contributed by atoms with van der Waals surface area (Å²) in [7, 11) is 0. The fraction of sp³-hybridized carbons (Fsp3) is 0.0500. The lowest BCUT2D eigenvalue weighted by Crippen LogP contribution is -2.41. The maximum absolute atomic E-state index is 13.2. The van der Waals surface area contributed by atoms with E-state index in [1.54, 1.807) is 48.5 Å². The number of hydrogen-bond donors (Lipinski definition) is 2. The number of fused-ring (bicyclic) bond motifs is 5. The Labute approximate surface area is 148 Å². The molecule has 124 valence electrons. The highest BCUT2D eigenvalue weighted by Gasteiger charge is 2.60. The lowest BCUT2D eigenvalue weighted by Gasteiger charge is -2.33. The van der Waals surface area contributed by atoms with E-state index >= 15 is 0 Å². The second-order valence-corrected chi connectivity index (χ2v) is 6.28. The van der Waals surface area contributed by atoms with E-state index in [0.29, 0.717) is 28.0 Å². The summed E-state index contributed by atoms with van der Waals surface area (Å²) in [6.07, 6.45) is 0. The highest BCUT2D eigenvalue weighted by molar-refractivity contribution is 6.28. The van der Waals surface area contributed by atoms with Crippen molar-refractivity contribution in [2.24, 2.45) is 5.73 Å². The van der Waals surface area contributed by atoms with Crippen molar-refractivity contribution in [2.45, 2.75) is 5.41 Å². The Kier molecular flexibility index (Phi) is 2.57. The Balaban J connectivity index is 1.95. The van der Waals surface area contributed by atoms with Crippen molar-refractivity contribution >= 4 is 23.0 Å². The standard InChI is InChI=1S/C20H11N3O3/c21-9-13-18(22)26-17-15(10-5-1-2-6-11(10)16(17)24)20(13)12-7-3-4-8-14(12)23-19(20)25/h1-8H,22H2,(H,23,25). The van der Waals surface area contributed by atoms with E-state index in [9.17, 15) is 14.9 Å². The average Bonchev–Trinajstić information content (AvgIpc) is 3.09. The third-order valence-corrected chi connectivity index (χ3v) is 5.11. The molecule has 0 fully saturated rings. The van der Waals surface area contributed by atoms with Gasteiger partial charge in [-0.15, -0.1) is 0 Å². The Morgan fingerprint density at radius 1 is 1.04 bits per heavy atom. The molecule has 3 aliphatic rings. The number of nitrogens with one attached hydrogen (secondary N) is 1. The maximum atomic E-state index is 13.2. The summed E-state index contributed by atoms with van der Waals surface area (Å²) in [5.74, 6) is -0.973. The van der Waals surface area contributed by atoms with Gasteiger partial charge in [-0.1, -0.05) is 42.5 Å². The molecule has 2 aliphatic heterocycles. The molecule has 1 atom stereocenters. The minimum Gasteiger partial charge on any atom is -0.436 e. The Hall–Kier alpha value is -3.85. The summed E-state index contributed by atoms with van der Waals surface area (Å²) in [6.45, 7) is 0. The Morgan fingerprint density at radius 3 is 2.50 bits per heavy atom. The van der Waals surface area contributed by atoms with Gasteiger partial charge >= 0.3 is 0 Å². The fourth-order valence-corrected chi connectivity index (χ4v) is 4.09. The molecule has 26 heavy (non-hydrogen) atoms. The number of nitrogens with zero attached hydrogens (tertiary/aromatic N) is 1. The first-order valence-corrected chi connectivity index (χ1v) is 7.98. The van der Waals surface area contributed by atoms with Crippen LogP contribution in [0.5, 0.6) is 0 Å². The van der Waals surface area contributed by atoms with Crippen LogP contribution < -0.4 is 11.1 Å². The molecule has 2 aromatic rings. The van der Waals surface area contributed by atoms with Gasteiger partial charge in [-0.3, -0.25) is 9.59 Å². The van der Waals surface area contributed by atoms with Crippen molar-refractivity contribution in [3.8, 4) is 6.07 Å². The predicted molar refractivity (Wildman–Crippen MR) is 92.4 cm³/mol. The SMILES string of the molecule is N#CC1=C(N)OC2=C(c3ccccc3C2=O)C12C(=O)Nc1ccccc12. The maximum Gasteiger partial charge on any atom is 0.245 e. The van der Waals surface area contributed by atoms with Gasteiger partial charge in [0.15, 0.2) is 5.76 Å². The lowest BCUT2D eigenvalue weighted by molar-refractivity contribution is -0.118. The molecular formula is C20H11N3O3. The number of nitriles is 1. The van der Waals surface area contributed by atoms with Crippen molar-refractivity contribution in [3.05, 3.63) is 82.4 Å². The highest BCUT2D eigenvalue weighted by Crippen LogP contribution is 2.57. The van der Waals surface area contributed by atoms with Gasteiger partial charge in [-0.2, -0.15) is 5.26 Å². The lowest BCUT2D eigenvalue weighted by atomic mass is 9.67. The topological polar surface area (TPSA) is 105 Å². The van der Waals surface area contributed by atoms with Crippen LogP contribution in [-0.2, 0) is 14.9 Å². The van der Waals surface area contributed by atoms with Crippen molar-refractivity contribution < 1.29 is 14.3 Å². The van der Waals surface area contributed by atoms with Crippen LogP contribution >= 0.6 is 0 Å². The highest BCUT2D eigenvalue weighted by atomic mass is 16.5. The van der Waals surface area contributed by atoms with Crippen molar-refractivity contribution in [1.29, 1.82) is 5.26 Å². The quantitative estimate of drug-likeness (QED) is 0.764.